The number of carbonyl (C=O) groups excluding carboxylic acids is 1. The van der Waals surface area contributed by atoms with Gasteiger partial charge in [-0.15, -0.1) is 0 Å². The topological polar surface area (TPSA) is 66.5 Å². The van der Waals surface area contributed by atoms with Crippen molar-refractivity contribution in [3.05, 3.63) is 65.0 Å². The van der Waals surface area contributed by atoms with E-state index in [1.165, 1.54) is 12.1 Å². The third kappa shape index (κ3) is 4.73. The molecule has 1 fully saturated rings. The summed E-state index contributed by atoms with van der Waals surface area (Å²) in [5.74, 6) is -0.418. The van der Waals surface area contributed by atoms with Crippen LogP contribution in [-0.2, 0) is 21.4 Å². The first-order valence-electron chi connectivity index (χ1n) is 8.84. The molecule has 1 unspecified atom stereocenters. The van der Waals surface area contributed by atoms with Crippen LogP contribution in [0.1, 0.15) is 23.1 Å². The molecule has 144 valence electrons. The first-order valence-corrected chi connectivity index (χ1v) is 10.3. The second kappa shape index (κ2) is 7.78. The summed E-state index contributed by atoms with van der Waals surface area (Å²) in [7, 11) is -3.61. The SMILES string of the molecule is Cc1ccc(S(=O)(=O)NCC2CC(=O)N(Cc3ccc(F)cc3)C2)cc1C. The highest BCUT2D eigenvalue weighted by molar-refractivity contribution is 7.89. The van der Waals surface area contributed by atoms with Gasteiger partial charge in [-0.25, -0.2) is 17.5 Å². The Kier molecular flexibility index (Phi) is 5.62. The summed E-state index contributed by atoms with van der Waals surface area (Å²) < 4.78 is 40.6. The zero-order valence-corrected chi connectivity index (χ0v) is 16.2. The minimum absolute atomic E-state index is 0.0188. The third-order valence-electron chi connectivity index (χ3n) is 4.93. The molecule has 1 aliphatic rings. The van der Waals surface area contributed by atoms with Crippen molar-refractivity contribution < 1.29 is 17.6 Å². The summed E-state index contributed by atoms with van der Waals surface area (Å²) in [6.45, 7) is 4.89. The summed E-state index contributed by atoms with van der Waals surface area (Å²) in [4.78, 5) is 14.1. The van der Waals surface area contributed by atoms with Crippen LogP contribution >= 0.6 is 0 Å². The molecule has 1 aliphatic heterocycles. The fourth-order valence-electron chi connectivity index (χ4n) is 3.15. The molecule has 1 atom stereocenters. The second-order valence-electron chi connectivity index (χ2n) is 7.07. The first-order chi connectivity index (χ1) is 12.7. The van der Waals surface area contributed by atoms with E-state index in [9.17, 15) is 17.6 Å². The number of amides is 1. The fraction of sp³-hybridized carbons (Fsp3) is 0.350. The summed E-state index contributed by atoms with van der Waals surface area (Å²) in [6, 6.07) is 11.1. The van der Waals surface area contributed by atoms with Gasteiger partial charge in [0.2, 0.25) is 15.9 Å². The number of carbonyl (C=O) groups is 1. The van der Waals surface area contributed by atoms with Gasteiger partial charge in [0.05, 0.1) is 4.90 Å². The van der Waals surface area contributed by atoms with Crippen LogP contribution in [0, 0.1) is 25.6 Å². The summed E-state index contributed by atoms with van der Waals surface area (Å²) in [6.07, 6.45) is 0.302. The summed E-state index contributed by atoms with van der Waals surface area (Å²) in [5, 5.41) is 0. The van der Waals surface area contributed by atoms with Gasteiger partial charge in [0.15, 0.2) is 0 Å². The Morgan fingerprint density at radius 3 is 2.48 bits per heavy atom. The number of hydrogen-bond acceptors (Lipinski definition) is 3. The maximum atomic E-state index is 13.0. The number of hydrogen-bond donors (Lipinski definition) is 1. The molecule has 1 saturated heterocycles. The van der Waals surface area contributed by atoms with Crippen molar-refractivity contribution in [2.75, 3.05) is 13.1 Å². The minimum atomic E-state index is -3.61. The molecule has 5 nitrogen and oxygen atoms in total. The molecule has 3 rings (SSSR count). The number of rotatable bonds is 6. The van der Waals surface area contributed by atoms with Gasteiger partial charge in [-0.1, -0.05) is 18.2 Å². The smallest absolute Gasteiger partial charge is 0.240 e. The number of sulfonamides is 1. The first kappa shape index (κ1) is 19.5. The molecular formula is C20H23FN2O3S. The molecular weight excluding hydrogens is 367 g/mol. The van der Waals surface area contributed by atoms with E-state index < -0.39 is 10.0 Å². The lowest BCUT2D eigenvalue weighted by atomic mass is 10.1. The van der Waals surface area contributed by atoms with Crippen LogP contribution in [0.3, 0.4) is 0 Å². The van der Waals surface area contributed by atoms with Crippen LogP contribution in [0.5, 0.6) is 0 Å². The molecule has 2 aromatic carbocycles. The van der Waals surface area contributed by atoms with Gasteiger partial charge in [-0.3, -0.25) is 4.79 Å². The van der Waals surface area contributed by atoms with E-state index in [2.05, 4.69) is 4.72 Å². The Hall–Kier alpha value is -2.25. The Morgan fingerprint density at radius 2 is 1.81 bits per heavy atom. The van der Waals surface area contributed by atoms with E-state index in [0.717, 1.165) is 16.7 Å². The highest BCUT2D eigenvalue weighted by Crippen LogP contribution is 2.21. The van der Waals surface area contributed by atoms with Crippen LogP contribution in [0.2, 0.25) is 0 Å². The van der Waals surface area contributed by atoms with Crippen molar-refractivity contribution in [3.8, 4) is 0 Å². The number of likely N-dealkylation sites (tertiary alicyclic amines) is 1. The second-order valence-corrected chi connectivity index (χ2v) is 8.84. The normalized spacial score (nSPS) is 17.5. The molecule has 0 spiro atoms. The lowest BCUT2D eigenvalue weighted by molar-refractivity contribution is -0.128. The highest BCUT2D eigenvalue weighted by Gasteiger charge is 2.30. The van der Waals surface area contributed by atoms with Gasteiger partial charge in [-0.2, -0.15) is 0 Å². The van der Waals surface area contributed by atoms with Gasteiger partial charge < -0.3 is 4.90 Å². The summed E-state index contributed by atoms with van der Waals surface area (Å²) in [5.41, 5.74) is 2.80. The number of aryl methyl sites for hydroxylation is 2. The molecule has 2 aromatic rings. The van der Waals surface area contributed by atoms with E-state index in [1.807, 2.05) is 13.8 Å². The molecule has 0 radical (unpaired) electrons. The predicted octanol–water partition coefficient (Wildman–Crippen LogP) is 2.77. The van der Waals surface area contributed by atoms with E-state index in [4.69, 9.17) is 0 Å². The lowest BCUT2D eigenvalue weighted by Gasteiger charge is -2.17. The number of halogens is 1. The van der Waals surface area contributed by atoms with E-state index in [-0.39, 0.29) is 29.1 Å². The van der Waals surface area contributed by atoms with Crippen molar-refractivity contribution in [3.63, 3.8) is 0 Å². The molecule has 0 bridgehead atoms. The van der Waals surface area contributed by atoms with Gasteiger partial charge in [0.1, 0.15) is 5.82 Å². The molecule has 27 heavy (non-hydrogen) atoms. The van der Waals surface area contributed by atoms with E-state index in [1.54, 1.807) is 35.2 Å². The minimum Gasteiger partial charge on any atom is -0.338 e. The van der Waals surface area contributed by atoms with Gasteiger partial charge >= 0.3 is 0 Å². The Morgan fingerprint density at radius 1 is 1.11 bits per heavy atom. The Bertz CT molecular complexity index is 942. The third-order valence-corrected chi connectivity index (χ3v) is 6.35. The van der Waals surface area contributed by atoms with Crippen molar-refractivity contribution in [2.45, 2.75) is 31.7 Å². The average molecular weight is 390 g/mol. The monoisotopic (exact) mass is 390 g/mol. The van der Waals surface area contributed by atoms with Crippen LogP contribution < -0.4 is 4.72 Å². The molecule has 1 N–H and O–H groups in total. The Labute approximate surface area is 159 Å². The van der Waals surface area contributed by atoms with Gasteiger partial charge in [0, 0.05) is 26.1 Å². The molecule has 7 heteroatoms. The zero-order valence-electron chi connectivity index (χ0n) is 15.4. The predicted molar refractivity (Wildman–Crippen MR) is 101 cm³/mol. The van der Waals surface area contributed by atoms with Crippen molar-refractivity contribution in [2.24, 2.45) is 5.92 Å². The van der Waals surface area contributed by atoms with Crippen LogP contribution in [-0.4, -0.2) is 32.3 Å². The van der Waals surface area contributed by atoms with Gasteiger partial charge in [-0.05, 0) is 60.7 Å². The van der Waals surface area contributed by atoms with Crippen molar-refractivity contribution in [1.82, 2.24) is 9.62 Å². The molecule has 0 aliphatic carbocycles. The number of nitrogens with one attached hydrogen (secondary N) is 1. The van der Waals surface area contributed by atoms with E-state index >= 15 is 0 Å². The maximum Gasteiger partial charge on any atom is 0.240 e. The quantitative estimate of drug-likeness (QED) is 0.825. The summed E-state index contributed by atoms with van der Waals surface area (Å²) >= 11 is 0. The standard InChI is InChI=1S/C20H23FN2O3S/c1-14-3-8-19(9-15(14)2)27(25,26)22-11-17-10-20(24)23(13-17)12-16-4-6-18(21)7-5-16/h3-9,17,22H,10-13H2,1-2H3. The fourth-order valence-corrected chi connectivity index (χ4v) is 4.35. The zero-order chi connectivity index (χ0) is 19.6. The molecule has 0 aromatic heterocycles. The van der Waals surface area contributed by atoms with Gasteiger partial charge in [0.25, 0.3) is 0 Å². The van der Waals surface area contributed by atoms with Crippen molar-refractivity contribution in [1.29, 1.82) is 0 Å². The number of nitrogens with zero attached hydrogens (tertiary/aromatic N) is 1. The largest absolute Gasteiger partial charge is 0.338 e. The van der Waals surface area contributed by atoms with Crippen LogP contribution in [0.25, 0.3) is 0 Å². The average Bonchev–Trinajstić information content (AvgIpc) is 2.97. The maximum absolute atomic E-state index is 13.0. The molecule has 1 amide bonds. The molecule has 1 heterocycles. The van der Waals surface area contributed by atoms with Crippen molar-refractivity contribution >= 4 is 15.9 Å². The Balaban J connectivity index is 1.59. The van der Waals surface area contributed by atoms with Crippen LogP contribution in [0.4, 0.5) is 4.39 Å². The highest BCUT2D eigenvalue weighted by atomic mass is 32.2. The number of benzene rings is 2. The lowest BCUT2D eigenvalue weighted by Crippen LogP contribution is -2.31. The van der Waals surface area contributed by atoms with Crippen LogP contribution in [0.15, 0.2) is 47.4 Å². The molecule has 0 saturated carbocycles. The van der Waals surface area contributed by atoms with E-state index in [0.29, 0.717) is 19.5 Å².